The monoisotopic (exact) mass is 403 g/mol. The number of carbonyl (C=O) groups excluding carboxylic acids is 2. The summed E-state index contributed by atoms with van der Waals surface area (Å²) in [4.78, 5) is 27.6. The first kappa shape index (κ1) is 20.0. The Balaban J connectivity index is 1.65. The molecule has 0 saturated carbocycles. The van der Waals surface area contributed by atoms with E-state index in [0.717, 1.165) is 12.0 Å². The number of hydrogen-bond acceptors (Lipinski definition) is 3. The molecule has 0 saturated heterocycles. The second kappa shape index (κ2) is 7.84. The van der Waals surface area contributed by atoms with Gasteiger partial charge in [0, 0.05) is 11.1 Å². The highest BCUT2D eigenvalue weighted by atomic mass is 19.1. The Bertz CT molecular complexity index is 1110. The Morgan fingerprint density at radius 2 is 1.73 bits per heavy atom. The summed E-state index contributed by atoms with van der Waals surface area (Å²) in [5.41, 5.74) is 1.13. The van der Waals surface area contributed by atoms with Crippen LogP contribution in [-0.2, 0) is 23.4 Å². The fraction of sp³-hybridized carbons (Fsp3) is 0.200. The van der Waals surface area contributed by atoms with Crippen molar-refractivity contribution < 1.29 is 19.1 Å². The van der Waals surface area contributed by atoms with E-state index in [0.29, 0.717) is 22.4 Å². The standard InChI is InChI=1S/C25H22FNO3/c1-2-17-10-12-19(13-11-17)23(28)15-25(30)21-8-3-4-9-22(21)27(24(25)29)16-18-6-5-7-20(26)14-18/h3-14,30H,2,15-16H2,1H3. The second-order valence-electron chi connectivity index (χ2n) is 7.55. The molecular formula is C25H22FNO3. The van der Waals surface area contributed by atoms with Crippen molar-refractivity contribution in [3.8, 4) is 0 Å². The van der Waals surface area contributed by atoms with Crippen molar-refractivity contribution in [2.75, 3.05) is 4.90 Å². The molecule has 0 spiro atoms. The molecule has 1 N–H and O–H groups in total. The molecule has 3 aromatic rings. The van der Waals surface area contributed by atoms with Gasteiger partial charge in [0.05, 0.1) is 18.7 Å². The number of amides is 1. The maximum Gasteiger partial charge on any atom is 0.264 e. The van der Waals surface area contributed by atoms with Crippen LogP contribution in [0.2, 0.25) is 0 Å². The number of rotatable bonds is 6. The molecule has 0 aliphatic carbocycles. The molecule has 0 bridgehead atoms. The van der Waals surface area contributed by atoms with Crippen LogP contribution < -0.4 is 4.90 Å². The van der Waals surface area contributed by atoms with Crippen molar-refractivity contribution in [1.82, 2.24) is 0 Å². The van der Waals surface area contributed by atoms with Gasteiger partial charge in [0.15, 0.2) is 11.4 Å². The molecule has 5 heteroatoms. The molecule has 1 aliphatic heterocycles. The molecule has 1 heterocycles. The third kappa shape index (κ3) is 3.53. The average molecular weight is 403 g/mol. The van der Waals surface area contributed by atoms with Gasteiger partial charge in [-0.3, -0.25) is 9.59 Å². The summed E-state index contributed by atoms with van der Waals surface area (Å²) in [6.45, 7) is 2.14. The summed E-state index contributed by atoms with van der Waals surface area (Å²) >= 11 is 0. The molecule has 30 heavy (non-hydrogen) atoms. The van der Waals surface area contributed by atoms with Crippen LogP contribution in [0.25, 0.3) is 0 Å². The number of fused-ring (bicyclic) bond motifs is 1. The van der Waals surface area contributed by atoms with Crippen LogP contribution in [0, 0.1) is 5.82 Å². The molecule has 1 amide bonds. The number of Topliss-reactive ketones (excluding diaryl/α,β-unsaturated/α-hetero) is 1. The molecule has 0 fully saturated rings. The first-order valence-electron chi connectivity index (χ1n) is 9.93. The Kier molecular flexibility index (Phi) is 5.22. The van der Waals surface area contributed by atoms with E-state index in [9.17, 15) is 19.1 Å². The summed E-state index contributed by atoms with van der Waals surface area (Å²) in [5.74, 6) is -1.28. The first-order chi connectivity index (χ1) is 14.4. The number of para-hydroxylation sites is 1. The van der Waals surface area contributed by atoms with E-state index >= 15 is 0 Å². The van der Waals surface area contributed by atoms with Gasteiger partial charge in [-0.1, -0.05) is 61.5 Å². The topological polar surface area (TPSA) is 57.6 Å². The molecular weight excluding hydrogens is 381 g/mol. The molecule has 3 aromatic carbocycles. The van der Waals surface area contributed by atoms with Gasteiger partial charge in [-0.25, -0.2) is 4.39 Å². The van der Waals surface area contributed by atoms with E-state index in [1.807, 2.05) is 19.1 Å². The Hall–Kier alpha value is -3.31. The number of hydrogen-bond donors (Lipinski definition) is 1. The number of benzene rings is 3. The molecule has 1 aliphatic rings. The Morgan fingerprint density at radius 3 is 2.43 bits per heavy atom. The van der Waals surface area contributed by atoms with Crippen molar-refractivity contribution in [2.45, 2.75) is 31.9 Å². The number of nitrogens with zero attached hydrogens (tertiary/aromatic N) is 1. The zero-order valence-corrected chi connectivity index (χ0v) is 16.6. The van der Waals surface area contributed by atoms with Gasteiger partial charge in [-0.15, -0.1) is 0 Å². The largest absolute Gasteiger partial charge is 0.375 e. The lowest BCUT2D eigenvalue weighted by Crippen LogP contribution is -2.41. The maximum absolute atomic E-state index is 13.6. The van der Waals surface area contributed by atoms with Crippen molar-refractivity contribution in [3.63, 3.8) is 0 Å². The number of carbonyl (C=O) groups is 2. The predicted octanol–water partition coefficient (Wildman–Crippen LogP) is 4.40. The van der Waals surface area contributed by atoms with Crippen molar-refractivity contribution in [3.05, 3.63) is 101 Å². The van der Waals surface area contributed by atoms with E-state index in [4.69, 9.17) is 0 Å². The predicted molar refractivity (Wildman–Crippen MR) is 113 cm³/mol. The molecule has 0 radical (unpaired) electrons. The lowest BCUT2D eigenvalue weighted by atomic mass is 9.88. The fourth-order valence-corrected chi connectivity index (χ4v) is 3.91. The van der Waals surface area contributed by atoms with Gasteiger partial charge in [0.25, 0.3) is 5.91 Å². The molecule has 152 valence electrons. The van der Waals surface area contributed by atoms with Gasteiger partial charge in [-0.05, 0) is 35.7 Å². The van der Waals surface area contributed by atoms with E-state index in [1.165, 1.54) is 17.0 Å². The molecule has 4 rings (SSSR count). The Labute approximate surface area is 174 Å². The summed E-state index contributed by atoms with van der Waals surface area (Å²) in [5, 5.41) is 11.4. The lowest BCUT2D eigenvalue weighted by molar-refractivity contribution is -0.136. The van der Waals surface area contributed by atoms with E-state index < -0.39 is 17.3 Å². The zero-order valence-electron chi connectivity index (χ0n) is 16.6. The number of ketones is 1. The van der Waals surface area contributed by atoms with Crippen molar-refractivity contribution in [1.29, 1.82) is 0 Å². The third-order valence-electron chi connectivity index (χ3n) is 5.57. The lowest BCUT2D eigenvalue weighted by Gasteiger charge is -2.23. The quantitative estimate of drug-likeness (QED) is 0.621. The van der Waals surface area contributed by atoms with E-state index in [2.05, 4.69) is 0 Å². The maximum atomic E-state index is 13.6. The number of halogens is 1. The van der Waals surface area contributed by atoms with Crippen LogP contribution in [0.3, 0.4) is 0 Å². The van der Waals surface area contributed by atoms with Crippen LogP contribution in [-0.4, -0.2) is 16.8 Å². The molecule has 1 unspecified atom stereocenters. The highest BCUT2D eigenvalue weighted by Crippen LogP contribution is 2.43. The minimum atomic E-state index is -1.95. The van der Waals surface area contributed by atoms with E-state index in [-0.39, 0.29) is 18.7 Å². The van der Waals surface area contributed by atoms with Gasteiger partial charge < -0.3 is 10.0 Å². The SMILES string of the molecule is CCc1ccc(C(=O)CC2(O)C(=O)N(Cc3cccc(F)c3)c3ccccc32)cc1. The summed E-state index contributed by atoms with van der Waals surface area (Å²) < 4.78 is 13.6. The second-order valence-corrected chi connectivity index (χ2v) is 7.55. The summed E-state index contributed by atoms with van der Waals surface area (Å²) in [7, 11) is 0. The van der Waals surface area contributed by atoms with Gasteiger partial charge in [0.2, 0.25) is 0 Å². The average Bonchev–Trinajstić information content (AvgIpc) is 2.96. The Morgan fingerprint density at radius 1 is 1.00 bits per heavy atom. The minimum Gasteiger partial charge on any atom is -0.375 e. The number of aliphatic hydroxyl groups is 1. The van der Waals surface area contributed by atoms with Crippen LogP contribution in [0.4, 0.5) is 10.1 Å². The van der Waals surface area contributed by atoms with Crippen LogP contribution in [0.15, 0.2) is 72.8 Å². The number of anilines is 1. The number of aryl methyl sites for hydroxylation is 1. The third-order valence-corrected chi connectivity index (χ3v) is 5.57. The van der Waals surface area contributed by atoms with Crippen molar-refractivity contribution in [2.24, 2.45) is 0 Å². The van der Waals surface area contributed by atoms with E-state index in [1.54, 1.807) is 48.5 Å². The van der Waals surface area contributed by atoms with Gasteiger partial charge in [-0.2, -0.15) is 0 Å². The highest BCUT2D eigenvalue weighted by molar-refractivity contribution is 6.10. The zero-order chi connectivity index (χ0) is 21.3. The van der Waals surface area contributed by atoms with Crippen LogP contribution in [0.5, 0.6) is 0 Å². The van der Waals surface area contributed by atoms with Crippen LogP contribution in [0.1, 0.15) is 40.4 Å². The minimum absolute atomic E-state index is 0.106. The van der Waals surface area contributed by atoms with Gasteiger partial charge >= 0.3 is 0 Å². The molecule has 0 aromatic heterocycles. The smallest absolute Gasteiger partial charge is 0.264 e. The van der Waals surface area contributed by atoms with Crippen LogP contribution >= 0.6 is 0 Å². The first-order valence-corrected chi connectivity index (χ1v) is 9.93. The van der Waals surface area contributed by atoms with Gasteiger partial charge in [0.1, 0.15) is 5.82 Å². The molecule has 1 atom stereocenters. The highest BCUT2D eigenvalue weighted by Gasteiger charge is 2.50. The summed E-state index contributed by atoms with van der Waals surface area (Å²) in [6.07, 6.45) is 0.507. The molecule has 4 nitrogen and oxygen atoms in total. The normalized spacial score (nSPS) is 17.8. The fourth-order valence-electron chi connectivity index (χ4n) is 3.91. The summed E-state index contributed by atoms with van der Waals surface area (Å²) in [6, 6.07) is 20.1. The van der Waals surface area contributed by atoms with Crippen molar-refractivity contribution >= 4 is 17.4 Å².